The zero-order valence-corrected chi connectivity index (χ0v) is 14.1. The number of pyridine rings is 1. The number of halogens is 7. The molecule has 0 aliphatic heterocycles. The maximum absolute atomic E-state index is 13.4. The van der Waals surface area contributed by atoms with Crippen molar-refractivity contribution in [2.45, 2.75) is 18.4 Å². The molecular formula is C15H7ClF6N6. The summed E-state index contributed by atoms with van der Waals surface area (Å²) in [6.45, 7) is 0. The van der Waals surface area contributed by atoms with Crippen LogP contribution in [0.1, 0.15) is 5.56 Å². The standard InChI is InChI=1S/C15H7ClF6N6/c1-2-8(15(20,21)22)26-12-9(11(16)27-13-24-6-25-28(12)13)10-7(14(17,18)19)4-3-5-23-10/h1,3-6,8,26H/t8-/m0/s1. The van der Waals surface area contributed by atoms with Crippen LogP contribution in [0.5, 0.6) is 0 Å². The number of anilines is 1. The fourth-order valence-electron chi connectivity index (χ4n) is 2.35. The van der Waals surface area contributed by atoms with Crippen molar-refractivity contribution in [3.63, 3.8) is 0 Å². The molecule has 6 nitrogen and oxygen atoms in total. The third-order valence-electron chi connectivity index (χ3n) is 3.51. The number of nitrogens with one attached hydrogen (secondary N) is 1. The van der Waals surface area contributed by atoms with E-state index in [1.165, 1.54) is 5.92 Å². The first-order chi connectivity index (χ1) is 13.0. The van der Waals surface area contributed by atoms with Gasteiger partial charge < -0.3 is 5.32 Å². The summed E-state index contributed by atoms with van der Waals surface area (Å²) in [6.07, 6.45) is -2.88. The van der Waals surface area contributed by atoms with E-state index in [4.69, 9.17) is 18.0 Å². The van der Waals surface area contributed by atoms with E-state index in [1.807, 2.05) is 5.32 Å². The highest BCUT2D eigenvalue weighted by atomic mass is 35.5. The Labute approximate surface area is 157 Å². The molecule has 13 heteroatoms. The average Bonchev–Trinajstić information content (AvgIpc) is 3.05. The minimum absolute atomic E-state index is 0.251. The van der Waals surface area contributed by atoms with Gasteiger partial charge in [-0.1, -0.05) is 17.5 Å². The lowest BCUT2D eigenvalue weighted by atomic mass is 10.1. The molecule has 1 N–H and O–H groups in total. The van der Waals surface area contributed by atoms with Crippen molar-refractivity contribution < 1.29 is 26.3 Å². The van der Waals surface area contributed by atoms with Crippen LogP contribution in [0.4, 0.5) is 32.2 Å². The fraction of sp³-hybridized carbons (Fsp3) is 0.200. The van der Waals surface area contributed by atoms with Crippen LogP contribution in [0.2, 0.25) is 5.15 Å². The summed E-state index contributed by atoms with van der Waals surface area (Å²) in [4.78, 5) is 11.1. The van der Waals surface area contributed by atoms with E-state index in [0.29, 0.717) is 6.07 Å². The van der Waals surface area contributed by atoms with E-state index in [-0.39, 0.29) is 5.78 Å². The summed E-state index contributed by atoms with van der Waals surface area (Å²) < 4.78 is 80.4. The Balaban J connectivity index is 2.33. The van der Waals surface area contributed by atoms with E-state index in [1.54, 1.807) is 0 Å². The number of terminal acetylenes is 1. The molecule has 0 fully saturated rings. The van der Waals surface area contributed by atoms with E-state index in [9.17, 15) is 26.3 Å². The molecule has 0 spiro atoms. The summed E-state index contributed by atoms with van der Waals surface area (Å²) >= 11 is 5.99. The highest BCUT2D eigenvalue weighted by Crippen LogP contribution is 2.41. The second kappa shape index (κ2) is 6.83. The third-order valence-corrected chi connectivity index (χ3v) is 3.78. The van der Waals surface area contributed by atoms with Gasteiger partial charge in [0.25, 0.3) is 5.78 Å². The van der Waals surface area contributed by atoms with Gasteiger partial charge >= 0.3 is 12.4 Å². The molecule has 0 bridgehead atoms. The van der Waals surface area contributed by atoms with Crippen LogP contribution in [-0.4, -0.2) is 36.8 Å². The normalized spacial score (nSPS) is 13.4. The molecular weight excluding hydrogens is 414 g/mol. The predicted octanol–water partition coefficient (Wildman–Crippen LogP) is 3.83. The van der Waals surface area contributed by atoms with Gasteiger partial charge in [0, 0.05) is 6.20 Å². The molecule has 3 heterocycles. The average molecular weight is 421 g/mol. The highest BCUT2D eigenvalue weighted by molar-refractivity contribution is 6.32. The first kappa shape index (κ1) is 19.7. The minimum Gasteiger partial charge on any atom is -0.348 e. The van der Waals surface area contributed by atoms with Gasteiger partial charge in [-0.05, 0) is 12.1 Å². The summed E-state index contributed by atoms with van der Waals surface area (Å²) in [5.41, 5.74) is -2.53. The lowest BCUT2D eigenvalue weighted by molar-refractivity contribution is -0.137. The molecule has 1 atom stereocenters. The Bertz CT molecular complexity index is 1070. The number of aromatic nitrogens is 5. The fourth-order valence-corrected chi connectivity index (χ4v) is 2.60. The van der Waals surface area contributed by atoms with Gasteiger partial charge in [0.15, 0.2) is 6.04 Å². The number of hydrogen-bond acceptors (Lipinski definition) is 5. The quantitative estimate of drug-likeness (QED) is 0.396. The Morgan fingerprint density at radius 1 is 1.18 bits per heavy atom. The first-order valence-corrected chi connectivity index (χ1v) is 7.63. The van der Waals surface area contributed by atoms with Gasteiger partial charge in [-0.25, -0.2) is 0 Å². The Morgan fingerprint density at radius 3 is 2.50 bits per heavy atom. The van der Waals surface area contributed by atoms with Crippen LogP contribution in [0, 0.1) is 12.3 Å². The van der Waals surface area contributed by atoms with Crippen LogP contribution in [0.15, 0.2) is 24.7 Å². The van der Waals surface area contributed by atoms with Crippen LogP contribution >= 0.6 is 11.6 Å². The second-order valence-electron chi connectivity index (χ2n) is 5.28. The van der Waals surface area contributed by atoms with Crippen molar-refractivity contribution >= 4 is 23.2 Å². The third kappa shape index (κ3) is 3.53. The molecule has 3 aromatic rings. The molecule has 0 amide bonds. The zero-order chi connectivity index (χ0) is 20.7. The lowest BCUT2D eigenvalue weighted by Gasteiger charge is -2.21. The van der Waals surface area contributed by atoms with Crippen molar-refractivity contribution in [2.24, 2.45) is 0 Å². The molecule has 0 aliphatic carbocycles. The van der Waals surface area contributed by atoms with Gasteiger partial charge in [-0.2, -0.15) is 45.9 Å². The monoisotopic (exact) mass is 420 g/mol. The van der Waals surface area contributed by atoms with E-state index < -0.39 is 46.2 Å². The zero-order valence-electron chi connectivity index (χ0n) is 13.3. The molecule has 0 aliphatic rings. The number of nitrogens with zero attached hydrogens (tertiary/aromatic N) is 5. The van der Waals surface area contributed by atoms with Gasteiger partial charge in [-0.3, -0.25) is 4.98 Å². The molecule has 0 radical (unpaired) electrons. The summed E-state index contributed by atoms with van der Waals surface area (Å²) in [5.74, 6) is 0.649. The van der Waals surface area contributed by atoms with Crippen LogP contribution < -0.4 is 5.32 Å². The van der Waals surface area contributed by atoms with E-state index in [0.717, 1.165) is 23.1 Å². The maximum atomic E-state index is 13.4. The van der Waals surface area contributed by atoms with Crippen LogP contribution in [0.3, 0.4) is 0 Å². The maximum Gasteiger partial charge on any atom is 0.420 e. The van der Waals surface area contributed by atoms with Gasteiger partial charge in [-0.15, -0.1) is 6.42 Å². The Morgan fingerprint density at radius 2 is 1.89 bits per heavy atom. The molecule has 3 aromatic heterocycles. The second-order valence-corrected chi connectivity index (χ2v) is 5.64. The van der Waals surface area contributed by atoms with Crippen LogP contribution in [-0.2, 0) is 6.18 Å². The van der Waals surface area contributed by atoms with Crippen molar-refractivity contribution in [2.75, 3.05) is 5.32 Å². The van der Waals surface area contributed by atoms with Crippen LogP contribution in [0.25, 0.3) is 17.0 Å². The smallest absolute Gasteiger partial charge is 0.348 e. The van der Waals surface area contributed by atoms with Gasteiger partial charge in [0.2, 0.25) is 0 Å². The number of fused-ring (bicyclic) bond motifs is 1. The summed E-state index contributed by atoms with van der Waals surface area (Å²) in [5, 5.41) is 5.07. The number of alkyl halides is 6. The number of rotatable bonds is 3. The molecule has 0 unspecified atom stereocenters. The largest absolute Gasteiger partial charge is 0.420 e. The van der Waals surface area contributed by atoms with Crippen molar-refractivity contribution in [1.82, 2.24) is 24.6 Å². The SMILES string of the molecule is C#C[C@H](Nc1c(-c2ncccc2C(F)(F)F)c(Cl)nc2ncnn12)C(F)(F)F. The summed E-state index contributed by atoms with van der Waals surface area (Å²) in [7, 11) is 0. The molecule has 0 saturated heterocycles. The molecule has 3 rings (SSSR count). The molecule has 146 valence electrons. The Kier molecular flexibility index (Phi) is 4.80. The first-order valence-electron chi connectivity index (χ1n) is 7.25. The van der Waals surface area contributed by atoms with E-state index in [2.05, 4.69) is 20.1 Å². The minimum atomic E-state index is -4.91. The van der Waals surface area contributed by atoms with Gasteiger partial charge in [0.1, 0.15) is 17.3 Å². The molecule has 0 saturated carbocycles. The number of hydrogen-bond donors (Lipinski definition) is 1. The Hall–Kier alpha value is -3.07. The van der Waals surface area contributed by atoms with E-state index >= 15 is 0 Å². The van der Waals surface area contributed by atoms with Crippen molar-refractivity contribution in [1.29, 1.82) is 0 Å². The molecule has 0 aromatic carbocycles. The molecule has 28 heavy (non-hydrogen) atoms. The lowest BCUT2D eigenvalue weighted by Crippen LogP contribution is -2.35. The summed E-state index contributed by atoms with van der Waals surface area (Å²) in [6, 6.07) is -0.819. The topological polar surface area (TPSA) is 68.0 Å². The highest BCUT2D eigenvalue weighted by Gasteiger charge is 2.41. The van der Waals surface area contributed by atoms with Gasteiger partial charge in [0.05, 0.1) is 16.8 Å². The van der Waals surface area contributed by atoms with Crippen molar-refractivity contribution in [3.05, 3.63) is 35.4 Å². The van der Waals surface area contributed by atoms with Crippen molar-refractivity contribution in [3.8, 4) is 23.6 Å². The predicted molar refractivity (Wildman–Crippen MR) is 86.3 cm³/mol.